The van der Waals surface area contributed by atoms with Crippen molar-refractivity contribution in [3.63, 3.8) is 0 Å². The lowest BCUT2D eigenvalue weighted by atomic mass is 10.1. The molecule has 0 radical (unpaired) electrons. The Morgan fingerprint density at radius 2 is 1.86 bits per heavy atom. The number of aromatic hydroxyl groups is 1. The second-order valence-electron chi connectivity index (χ2n) is 6.43. The summed E-state index contributed by atoms with van der Waals surface area (Å²) in [6, 6.07) is 13.8. The molecule has 1 heterocycles. The molecule has 0 unspecified atom stereocenters. The standard InChI is InChI=1S/C23H22O5/c1-2-3-6-15-27-17-12-9-16(10-13-17)11-14-19(24)21-22(25)18-7-4-5-8-20(18)28-23(21)26/h4-5,7-14,25H,2-3,6,15H2,1H3/b14-11+. The van der Waals surface area contributed by atoms with Crippen LogP contribution >= 0.6 is 0 Å². The second kappa shape index (κ2) is 9.04. The lowest BCUT2D eigenvalue weighted by Crippen LogP contribution is -2.12. The van der Waals surface area contributed by atoms with Gasteiger partial charge in [-0.25, -0.2) is 4.79 Å². The molecule has 2 aromatic carbocycles. The van der Waals surface area contributed by atoms with Crippen LogP contribution in [0.15, 0.2) is 63.8 Å². The van der Waals surface area contributed by atoms with Gasteiger partial charge in [0.05, 0.1) is 12.0 Å². The fourth-order valence-electron chi connectivity index (χ4n) is 2.82. The largest absolute Gasteiger partial charge is 0.506 e. The van der Waals surface area contributed by atoms with Crippen LogP contribution in [0, 0.1) is 0 Å². The van der Waals surface area contributed by atoms with Crippen LogP contribution in [0.25, 0.3) is 17.0 Å². The zero-order valence-electron chi connectivity index (χ0n) is 15.7. The van der Waals surface area contributed by atoms with Crippen LogP contribution < -0.4 is 10.4 Å². The van der Waals surface area contributed by atoms with Crippen LogP contribution in [0.2, 0.25) is 0 Å². The first-order valence-corrected chi connectivity index (χ1v) is 9.30. The van der Waals surface area contributed by atoms with E-state index in [1.165, 1.54) is 6.08 Å². The van der Waals surface area contributed by atoms with Gasteiger partial charge in [-0.15, -0.1) is 0 Å². The van der Waals surface area contributed by atoms with E-state index in [0.717, 1.165) is 30.6 Å². The van der Waals surface area contributed by atoms with Crippen LogP contribution in [0.1, 0.15) is 42.1 Å². The predicted octanol–water partition coefficient (Wildman–Crippen LogP) is 4.96. The van der Waals surface area contributed by atoms with Crippen LogP contribution in [0.3, 0.4) is 0 Å². The van der Waals surface area contributed by atoms with Gasteiger partial charge in [-0.3, -0.25) is 4.79 Å². The maximum absolute atomic E-state index is 12.4. The van der Waals surface area contributed by atoms with E-state index < -0.39 is 11.4 Å². The first-order chi connectivity index (χ1) is 13.6. The summed E-state index contributed by atoms with van der Waals surface area (Å²) < 4.78 is 10.8. The summed E-state index contributed by atoms with van der Waals surface area (Å²) in [6.45, 7) is 2.82. The summed E-state index contributed by atoms with van der Waals surface area (Å²) in [6.07, 6.45) is 6.13. The number of ketones is 1. The average Bonchev–Trinajstić information content (AvgIpc) is 2.70. The predicted molar refractivity (Wildman–Crippen MR) is 109 cm³/mol. The van der Waals surface area contributed by atoms with Gasteiger partial charge in [0, 0.05) is 0 Å². The third-order valence-corrected chi connectivity index (χ3v) is 4.36. The zero-order chi connectivity index (χ0) is 19.9. The molecule has 0 amide bonds. The Kier molecular flexibility index (Phi) is 6.27. The second-order valence-corrected chi connectivity index (χ2v) is 6.43. The number of rotatable bonds is 8. The molecule has 28 heavy (non-hydrogen) atoms. The molecule has 0 spiro atoms. The number of fused-ring (bicyclic) bond motifs is 1. The number of allylic oxidation sites excluding steroid dienone is 1. The van der Waals surface area contributed by atoms with Crippen LogP contribution in [0.5, 0.6) is 11.5 Å². The quantitative estimate of drug-likeness (QED) is 0.259. The molecule has 144 valence electrons. The highest BCUT2D eigenvalue weighted by molar-refractivity contribution is 6.10. The molecule has 5 heteroatoms. The number of ether oxygens (including phenoxy) is 1. The van der Waals surface area contributed by atoms with E-state index in [9.17, 15) is 14.7 Å². The summed E-state index contributed by atoms with van der Waals surface area (Å²) in [5, 5.41) is 10.6. The van der Waals surface area contributed by atoms with Gasteiger partial charge in [0.1, 0.15) is 22.6 Å². The molecule has 3 rings (SSSR count). The molecule has 0 aliphatic heterocycles. The van der Waals surface area contributed by atoms with Gasteiger partial charge < -0.3 is 14.3 Å². The number of carbonyl (C=O) groups excluding carboxylic acids is 1. The molecule has 0 saturated heterocycles. The van der Waals surface area contributed by atoms with Crippen molar-refractivity contribution >= 4 is 22.8 Å². The summed E-state index contributed by atoms with van der Waals surface area (Å²) >= 11 is 0. The van der Waals surface area contributed by atoms with E-state index >= 15 is 0 Å². The third-order valence-electron chi connectivity index (χ3n) is 4.36. The smallest absolute Gasteiger partial charge is 0.351 e. The molecule has 5 nitrogen and oxygen atoms in total. The number of carbonyl (C=O) groups is 1. The van der Waals surface area contributed by atoms with Crippen molar-refractivity contribution < 1.29 is 19.1 Å². The Morgan fingerprint density at radius 1 is 1.11 bits per heavy atom. The lowest BCUT2D eigenvalue weighted by Gasteiger charge is -2.05. The summed E-state index contributed by atoms with van der Waals surface area (Å²) in [4.78, 5) is 24.5. The Bertz CT molecular complexity index is 1040. The Balaban J connectivity index is 1.73. The molecule has 0 bridgehead atoms. The highest BCUT2D eigenvalue weighted by atomic mass is 16.5. The van der Waals surface area contributed by atoms with Crippen molar-refractivity contribution in [1.29, 1.82) is 0 Å². The highest BCUT2D eigenvalue weighted by Gasteiger charge is 2.18. The van der Waals surface area contributed by atoms with Gasteiger partial charge in [0.15, 0.2) is 5.78 Å². The minimum Gasteiger partial charge on any atom is -0.506 e. The summed E-state index contributed by atoms with van der Waals surface area (Å²) in [7, 11) is 0. The van der Waals surface area contributed by atoms with Crippen molar-refractivity contribution in [2.75, 3.05) is 6.61 Å². The van der Waals surface area contributed by atoms with Gasteiger partial charge in [-0.05, 0) is 42.3 Å². The minimum absolute atomic E-state index is 0.236. The van der Waals surface area contributed by atoms with E-state index in [-0.39, 0.29) is 16.9 Å². The molecule has 0 atom stereocenters. The number of unbranched alkanes of at least 4 members (excludes halogenated alkanes) is 2. The topological polar surface area (TPSA) is 76.7 Å². The number of hydrogen-bond acceptors (Lipinski definition) is 5. The first kappa shape index (κ1) is 19.4. The molecule has 3 aromatic rings. The van der Waals surface area contributed by atoms with Crippen molar-refractivity contribution in [2.45, 2.75) is 26.2 Å². The van der Waals surface area contributed by atoms with Gasteiger partial charge >= 0.3 is 5.63 Å². The van der Waals surface area contributed by atoms with Crippen molar-refractivity contribution in [3.05, 3.63) is 76.2 Å². The van der Waals surface area contributed by atoms with Crippen molar-refractivity contribution in [2.24, 2.45) is 0 Å². The number of para-hydroxylation sites is 1. The fraction of sp³-hybridized carbons (Fsp3) is 0.217. The van der Waals surface area contributed by atoms with E-state index in [2.05, 4.69) is 6.92 Å². The summed E-state index contributed by atoms with van der Waals surface area (Å²) in [5.74, 6) is -0.207. The van der Waals surface area contributed by atoms with Crippen LogP contribution in [0.4, 0.5) is 0 Å². The first-order valence-electron chi connectivity index (χ1n) is 9.30. The maximum Gasteiger partial charge on any atom is 0.351 e. The minimum atomic E-state index is -0.860. The molecule has 1 aromatic heterocycles. The summed E-state index contributed by atoms with van der Waals surface area (Å²) in [5.41, 5.74) is -0.216. The molecular formula is C23H22O5. The van der Waals surface area contributed by atoms with Gasteiger partial charge in [-0.1, -0.05) is 50.1 Å². The normalized spacial score (nSPS) is 11.2. The lowest BCUT2D eigenvalue weighted by molar-refractivity contribution is 0.104. The fourth-order valence-corrected chi connectivity index (χ4v) is 2.82. The van der Waals surface area contributed by atoms with Crippen LogP contribution in [-0.2, 0) is 0 Å². The molecular weight excluding hydrogens is 356 g/mol. The molecule has 0 aliphatic carbocycles. The van der Waals surface area contributed by atoms with E-state index in [1.807, 2.05) is 24.3 Å². The third kappa shape index (κ3) is 4.49. The molecule has 1 N–H and O–H groups in total. The van der Waals surface area contributed by atoms with Gasteiger partial charge in [0.25, 0.3) is 0 Å². The SMILES string of the molecule is CCCCCOc1ccc(/C=C/C(=O)c2c(O)c3ccccc3oc2=O)cc1. The average molecular weight is 378 g/mol. The van der Waals surface area contributed by atoms with E-state index in [1.54, 1.807) is 30.3 Å². The van der Waals surface area contributed by atoms with Crippen molar-refractivity contribution in [1.82, 2.24) is 0 Å². The Hall–Kier alpha value is -3.34. The zero-order valence-corrected chi connectivity index (χ0v) is 15.7. The Morgan fingerprint density at radius 3 is 2.61 bits per heavy atom. The highest BCUT2D eigenvalue weighted by Crippen LogP contribution is 2.26. The van der Waals surface area contributed by atoms with E-state index in [0.29, 0.717) is 12.0 Å². The monoisotopic (exact) mass is 378 g/mol. The van der Waals surface area contributed by atoms with Gasteiger partial charge in [-0.2, -0.15) is 0 Å². The van der Waals surface area contributed by atoms with Crippen molar-refractivity contribution in [3.8, 4) is 11.5 Å². The molecule has 0 saturated carbocycles. The Labute approximate surface area is 162 Å². The van der Waals surface area contributed by atoms with Gasteiger partial charge in [0.2, 0.25) is 0 Å². The number of benzene rings is 2. The number of hydrogen-bond donors (Lipinski definition) is 1. The van der Waals surface area contributed by atoms with Crippen LogP contribution in [-0.4, -0.2) is 17.5 Å². The molecule has 0 fully saturated rings. The maximum atomic E-state index is 12.4. The van der Waals surface area contributed by atoms with E-state index in [4.69, 9.17) is 9.15 Å². The molecule has 0 aliphatic rings.